The van der Waals surface area contributed by atoms with Crippen molar-refractivity contribution in [2.24, 2.45) is 0 Å². The number of aromatic amines is 1. The first-order valence-corrected chi connectivity index (χ1v) is 12.6. The molecule has 1 aliphatic rings. The molecule has 2 heterocycles. The molecule has 0 spiro atoms. The van der Waals surface area contributed by atoms with Crippen molar-refractivity contribution in [2.45, 2.75) is 52.2 Å². The number of methoxy groups -OCH3 is 1. The first-order valence-electron chi connectivity index (χ1n) is 12.6. The second-order valence-electron chi connectivity index (χ2n) is 9.16. The normalized spacial score (nSPS) is 15.0. The van der Waals surface area contributed by atoms with E-state index in [2.05, 4.69) is 17.1 Å². The number of hydrogen-bond donors (Lipinski definition) is 2. The quantitative estimate of drug-likeness (QED) is 0.331. The Labute approximate surface area is 212 Å². The molecule has 0 fully saturated rings. The minimum atomic E-state index is -0.404. The summed E-state index contributed by atoms with van der Waals surface area (Å²) in [7, 11) is 1.61. The Morgan fingerprint density at radius 1 is 1.11 bits per heavy atom. The van der Waals surface area contributed by atoms with Crippen molar-refractivity contribution in [3.8, 4) is 28.5 Å². The fourth-order valence-corrected chi connectivity index (χ4v) is 4.51. The van der Waals surface area contributed by atoms with E-state index in [1.165, 1.54) is 0 Å². The van der Waals surface area contributed by atoms with E-state index < -0.39 is 6.04 Å². The molecule has 0 saturated heterocycles. The molecule has 1 aliphatic heterocycles. The highest BCUT2D eigenvalue weighted by atomic mass is 16.5. The highest BCUT2D eigenvalue weighted by Gasteiger charge is 2.42. The van der Waals surface area contributed by atoms with Crippen molar-refractivity contribution < 1.29 is 24.1 Å². The van der Waals surface area contributed by atoms with Gasteiger partial charge in [0.05, 0.1) is 25.9 Å². The number of fused-ring (bicyclic) bond motifs is 1. The van der Waals surface area contributed by atoms with Crippen molar-refractivity contribution in [3.05, 3.63) is 59.3 Å². The summed E-state index contributed by atoms with van der Waals surface area (Å²) >= 11 is 0. The zero-order valence-electron chi connectivity index (χ0n) is 21.4. The number of carbonyl (C=O) groups is 1. The Hall–Kier alpha value is -3.52. The third kappa shape index (κ3) is 5.18. The van der Waals surface area contributed by atoms with Crippen LogP contribution < -0.4 is 9.47 Å². The van der Waals surface area contributed by atoms with E-state index in [0.29, 0.717) is 54.6 Å². The lowest BCUT2D eigenvalue weighted by Crippen LogP contribution is -2.31. The molecule has 8 nitrogen and oxygen atoms in total. The maximum Gasteiger partial charge on any atom is 0.273 e. The van der Waals surface area contributed by atoms with Crippen LogP contribution in [0.15, 0.2) is 42.5 Å². The number of nitrogens with one attached hydrogen (secondary N) is 1. The molecule has 2 aromatic carbocycles. The molecular weight excluding hydrogens is 458 g/mol. The maximum absolute atomic E-state index is 13.5. The number of ether oxygens (including phenoxy) is 3. The minimum absolute atomic E-state index is 0.110. The van der Waals surface area contributed by atoms with E-state index in [0.717, 1.165) is 24.0 Å². The molecule has 1 atom stereocenters. The van der Waals surface area contributed by atoms with Gasteiger partial charge in [0.1, 0.15) is 17.1 Å². The van der Waals surface area contributed by atoms with Gasteiger partial charge in [-0.2, -0.15) is 5.10 Å². The van der Waals surface area contributed by atoms with Gasteiger partial charge in [-0.3, -0.25) is 9.89 Å². The third-order valence-corrected chi connectivity index (χ3v) is 6.28. The monoisotopic (exact) mass is 493 g/mol. The van der Waals surface area contributed by atoms with Gasteiger partial charge in [-0.25, -0.2) is 0 Å². The number of benzene rings is 2. The lowest BCUT2D eigenvalue weighted by molar-refractivity contribution is 0.0601. The number of carbonyl (C=O) groups excluding carboxylic acids is 1. The van der Waals surface area contributed by atoms with Crippen LogP contribution in [-0.2, 0) is 4.74 Å². The van der Waals surface area contributed by atoms with Gasteiger partial charge in [0.25, 0.3) is 5.91 Å². The second-order valence-corrected chi connectivity index (χ2v) is 9.16. The summed E-state index contributed by atoms with van der Waals surface area (Å²) in [6.45, 7) is 7.78. The number of phenols is 1. The van der Waals surface area contributed by atoms with Crippen LogP contribution >= 0.6 is 0 Å². The van der Waals surface area contributed by atoms with Crippen molar-refractivity contribution in [2.75, 3.05) is 26.9 Å². The van der Waals surface area contributed by atoms with Crippen LogP contribution in [0.3, 0.4) is 0 Å². The van der Waals surface area contributed by atoms with E-state index in [1.807, 2.05) is 43.0 Å². The summed E-state index contributed by atoms with van der Waals surface area (Å²) in [5, 5.41) is 17.9. The Bertz CT molecular complexity index is 1190. The van der Waals surface area contributed by atoms with Crippen LogP contribution in [0.4, 0.5) is 0 Å². The van der Waals surface area contributed by atoms with E-state index in [9.17, 15) is 9.90 Å². The average Bonchev–Trinajstić information content (AvgIpc) is 3.41. The molecule has 0 radical (unpaired) electrons. The molecule has 0 saturated carbocycles. The van der Waals surface area contributed by atoms with E-state index in [1.54, 1.807) is 25.3 Å². The molecule has 8 heteroatoms. The zero-order valence-corrected chi connectivity index (χ0v) is 21.4. The summed E-state index contributed by atoms with van der Waals surface area (Å²) in [5.74, 6) is 1.26. The van der Waals surface area contributed by atoms with Crippen LogP contribution in [0.1, 0.15) is 67.7 Å². The van der Waals surface area contributed by atoms with E-state index in [-0.39, 0.29) is 17.8 Å². The minimum Gasteiger partial charge on any atom is -0.507 e. The standard InChI is InChI=1S/C28H35N3O5/c1-5-6-15-36-22-13-12-19(17-23(22)34-4)27-24-25(20-10-7-8-11-21(20)32)29-30-26(24)28(33)31(27)14-9-16-35-18(2)3/h7-8,10-13,17-18,27,32H,5-6,9,14-16H2,1-4H3,(H,29,30)/t27-/m0/s1. The molecule has 36 heavy (non-hydrogen) atoms. The Morgan fingerprint density at radius 3 is 2.64 bits per heavy atom. The Balaban J connectivity index is 1.74. The largest absolute Gasteiger partial charge is 0.507 e. The second kappa shape index (κ2) is 11.5. The summed E-state index contributed by atoms with van der Waals surface area (Å²) < 4.78 is 17.3. The number of H-pyrrole nitrogens is 1. The van der Waals surface area contributed by atoms with Gasteiger partial charge in [-0.15, -0.1) is 0 Å². The van der Waals surface area contributed by atoms with Crippen molar-refractivity contribution in [1.29, 1.82) is 0 Å². The summed E-state index contributed by atoms with van der Waals surface area (Å²) in [6.07, 6.45) is 2.82. The van der Waals surface area contributed by atoms with Gasteiger partial charge in [0, 0.05) is 24.3 Å². The Kier molecular flexibility index (Phi) is 8.15. The predicted octanol–water partition coefficient (Wildman–Crippen LogP) is 5.33. The topological polar surface area (TPSA) is 96.9 Å². The number of unbranched alkanes of at least 4 members (excludes halogenated alkanes) is 1. The molecular formula is C28H35N3O5. The van der Waals surface area contributed by atoms with Gasteiger partial charge in [-0.05, 0) is 56.5 Å². The van der Waals surface area contributed by atoms with Crippen LogP contribution in [0.25, 0.3) is 11.3 Å². The van der Waals surface area contributed by atoms with Gasteiger partial charge in [0.2, 0.25) is 0 Å². The van der Waals surface area contributed by atoms with Gasteiger partial charge in [-0.1, -0.05) is 31.5 Å². The number of aromatic nitrogens is 2. The van der Waals surface area contributed by atoms with Gasteiger partial charge >= 0.3 is 0 Å². The first-order chi connectivity index (χ1) is 17.5. The molecule has 3 aromatic rings. The zero-order chi connectivity index (χ0) is 25.7. The van der Waals surface area contributed by atoms with Crippen LogP contribution in [0.5, 0.6) is 17.2 Å². The molecule has 2 N–H and O–H groups in total. The van der Waals surface area contributed by atoms with Crippen molar-refractivity contribution >= 4 is 5.91 Å². The van der Waals surface area contributed by atoms with E-state index in [4.69, 9.17) is 14.2 Å². The number of aromatic hydroxyl groups is 1. The maximum atomic E-state index is 13.5. The molecule has 0 bridgehead atoms. The lowest BCUT2D eigenvalue weighted by Gasteiger charge is -2.27. The number of phenolic OH excluding ortho intramolecular Hbond substituents is 1. The molecule has 192 valence electrons. The number of rotatable bonds is 12. The third-order valence-electron chi connectivity index (χ3n) is 6.28. The summed E-state index contributed by atoms with van der Waals surface area (Å²) in [5.41, 5.74) is 3.19. The van der Waals surface area contributed by atoms with Crippen LogP contribution in [0.2, 0.25) is 0 Å². The highest BCUT2D eigenvalue weighted by molar-refractivity contribution is 6.00. The fourth-order valence-electron chi connectivity index (χ4n) is 4.51. The van der Waals surface area contributed by atoms with E-state index >= 15 is 0 Å². The molecule has 4 rings (SSSR count). The molecule has 1 aromatic heterocycles. The predicted molar refractivity (Wildman–Crippen MR) is 138 cm³/mol. The SMILES string of the molecule is CCCCOc1ccc([C@H]2c3c(-c4ccccc4O)n[nH]c3C(=O)N2CCCOC(C)C)cc1OC. The van der Waals surface area contributed by atoms with Crippen LogP contribution in [-0.4, -0.2) is 59.1 Å². The van der Waals surface area contributed by atoms with Crippen LogP contribution in [0, 0.1) is 0 Å². The smallest absolute Gasteiger partial charge is 0.273 e. The molecule has 1 amide bonds. The summed E-state index contributed by atoms with van der Waals surface area (Å²) in [6, 6.07) is 12.4. The van der Waals surface area contributed by atoms with Crippen molar-refractivity contribution in [1.82, 2.24) is 15.1 Å². The fraction of sp³-hybridized carbons (Fsp3) is 0.429. The first kappa shape index (κ1) is 25.6. The number of para-hydroxylation sites is 1. The summed E-state index contributed by atoms with van der Waals surface area (Å²) in [4.78, 5) is 15.4. The lowest BCUT2D eigenvalue weighted by atomic mass is 9.95. The number of amides is 1. The highest BCUT2D eigenvalue weighted by Crippen LogP contribution is 2.45. The number of nitrogens with zero attached hydrogens (tertiary/aromatic N) is 2. The van der Waals surface area contributed by atoms with Crippen molar-refractivity contribution in [3.63, 3.8) is 0 Å². The van der Waals surface area contributed by atoms with Gasteiger partial charge < -0.3 is 24.2 Å². The molecule has 0 unspecified atom stereocenters. The Morgan fingerprint density at radius 2 is 1.92 bits per heavy atom. The number of hydrogen-bond acceptors (Lipinski definition) is 6. The average molecular weight is 494 g/mol. The van der Waals surface area contributed by atoms with Gasteiger partial charge in [0.15, 0.2) is 11.5 Å². The molecule has 0 aliphatic carbocycles.